The highest BCUT2D eigenvalue weighted by Gasteiger charge is 2.22. The maximum absolute atomic E-state index is 5.68. The van der Waals surface area contributed by atoms with E-state index in [0.29, 0.717) is 12.4 Å². The molecular weight excluding hydrogens is 252 g/mol. The number of ether oxygens (including phenoxy) is 1. The average Bonchev–Trinajstić information content (AvgIpc) is 3.30. The van der Waals surface area contributed by atoms with Crippen LogP contribution < -0.4 is 15.4 Å². The van der Waals surface area contributed by atoms with Crippen LogP contribution in [0.25, 0.3) is 0 Å². The minimum atomic E-state index is 0.714. The molecule has 2 N–H and O–H groups in total. The van der Waals surface area contributed by atoms with Crippen molar-refractivity contribution in [1.82, 2.24) is 15.6 Å². The Kier molecular flexibility index (Phi) is 5.65. The van der Waals surface area contributed by atoms with E-state index in [1.165, 1.54) is 12.8 Å². The summed E-state index contributed by atoms with van der Waals surface area (Å²) >= 11 is 0. The van der Waals surface area contributed by atoms with Gasteiger partial charge in [-0.05, 0) is 36.8 Å². The van der Waals surface area contributed by atoms with E-state index in [1.807, 2.05) is 12.1 Å². The SMILES string of the molecule is CCCNC(=NC)NCc1ccnc(OCC2CC2)c1. The fraction of sp³-hybridized carbons (Fsp3) is 0.600. The molecule has 0 unspecified atom stereocenters. The van der Waals surface area contributed by atoms with Crippen molar-refractivity contribution < 1.29 is 4.74 Å². The van der Waals surface area contributed by atoms with Gasteiger partial charge in [0, 0.05) is 32.4 Å². The van der Waals surface area contributed by atoms with Crippen LogP contribution in [0, 0.1) is 5.92 Å². The molecular formula is C15H24N4O. The molecule has 110 valence electrons. The lowest BCUT2D eigenvalue weighted by Gasteiger charge is -2.11. The number of nitrogens with one attached hydrogen (secondary N) is 2. The number of nitrogens with zero attached hydrogens (tertiary/aromatic N) is 2. The summed E-state index contributed by atoms with van der Waals surface area (Å²) in [6, 6.07) is 3.98. The predicted octanol–water partition coefficient (Wildman–Crippen LogP) is 1.95. The van der Waals surface area contributed by atoms with Crippen molar-refractivity contribution in [2.45, 2.75) is 32.7 Å². The van der Waals surface area contributed by atoms with Gasteiger partial charge in [0.1, 0.15) is 0 Å². The maximum Gasteiger partial charge on any atom is 0.213 e. The summed E-state index contributed by atoms with van der Waals surface area (Å²) in [5.74, 6) is 2.28. The molecule has 1 saturated carbocycles. The Morgan fingerprint density at radius 2 is 2.30 bits per heavy atom. The topological polar surface area (TPSA) is 58.5 Å². The lowest BCUT2D eigenvalue weighted by molar-refractivity contribution is 0.288. The van der Waals surface area contributed by atoms with Crippen LogP contribution in [0.2, 0.25) is 0 Å². The first-order chi connectivity index (χ1) is 9.81. The van der Waals surface area contributed by atoms with Crippen molar-refractivity contribution in [1.29, 1.82) is 0 Å². The monoisotopic (exact) mass is 276 g/mol. The van der Waals surface area contributed by atoms with Gasteiger partial charge in [0.25, 0.3) is 0 Å². The Labute approximate surface area is 120 Å². The fourth-order valence-electron chi connectivity index (χ4n) is 1.78. The van der Waals surface area contributed by atoms with Crippen LogP contribution in [0.5, 0.6) is 5.88 Å². The van der Waals surface area contributed by atoms with Crippen molar-refractivity contribution in [3.63, 3.8) is 0 Å². The number of pyridine rings is 1. The summed E-state index contributed by atoms with van der Waals surface area (Å²) in [4.78, 5) is 8.42. The Bertz CT molecular complexity index is 443. The molecule has 0 radical (unpaired) electrons. The van der Waals surface area contributed by atoms with E-state index in [9.17, 15) is 0 Å². The van der Waals surface area contributed by atoms with Crippen LogP contribution in [0.15, 0.2) is 23.3 Å². The number of hydrogen-bond donors (Lipinski definition) is 2. The highest BCUT2D eigenvalue weighted by atomic mass is 16.5. The number of aromatic nitrogens is 1. The molecule has 0 bridgehead atoms. The molecule has 20 heavy (non-hydrogen) atoms. The number of hydrogen-bond acceptors (Lipinski definition) is 3. The van der Waals surface area contributed by atoms with E-state index in [-0.39, 0.29) is 0 Å². The van der Waals surface area contributed by atoms with Crippen molar-refractivity contribution in [2.75, 3.05) is 20.2 Å². The summed E-state index contributed by atoms with van der Waals surface area (Å²) in [5.41, 5.74) is 1.14. The van der Waals surface area contributed by atoms with E-state index in [0.717, 1.165) is 37.0 Å². The average molecular weight is 276 g/mol. The summed E-state index contributed by atoms with van der Waals surface area (Å²) in [5, 5.41) is 6.52. The molecule has 5 nitrogen and oxygen atoms in total. The quantitative estimate of drug-likeness (QED) is 0.590. The smallest absolute Gasteiger partial charge is 0.213 e. The van der Waals surface area contributed by atoms with Gasteiger partial charge in [0.15, 0.2) is 5.96 Å². The van der Waals surface area contributed by atoms with Crippen LogP contribution in [0.3, 0.4) is 0 Å². The first-order valence-corrected chi connectivity index (χ1v) is 7.34. The Hall–Kier alpha value is -1.78. The number of aliphatic imine (C=N–C) groups is 1. The zero-order valence-corrected chi connectivity index (χ0v) is 12.4. The van der Waals surface area contributed by atoms with Crippen LogP contribution in [-0.4, -0.2) is 31.1 Å². The molecule has 5 heteroatoms. The maximum atomic E-state index is 5.68. The van der Waals surface area contributed by atoms with Gasteiger partial charge in [0.05, 0.1) is 6.61 Å². The van der Waals surface area contributed by atoms with E-state index < -0.39 is 0 Å². The molecule has 0 aliphatic heterocycles. The predicted molar refractivity (Wildman–Crippen MR) is 80.9 cm³/mol. The third-order valence-electron chi connectivity index (χ3n) is 3.19. The van der Waals surface area contributed by atoms with Gasteiger partial charge >= 0.3 is 0 Å². The lowest BCUT2D eigenvalue weighted by atomic mass is 10.2. The zero-order valence-electron chi connectivity index (χ0n) is 12.4. The van der Waals surface area contributed by atoms with Gasteiger partial charge in [-0.3, -0.25) is 4.99 Å². The van der Waals surface area contributed by atoms with Crippen LogP contribution in [0.4, 0.5) is 0 Å². The van der Waals surface area contributed by atoms with Gasteiger partial charge in [-0.25, -0.2) is 4.98 Å². The fourth-order valence-corrected chi connectivity index (χ4v) is 1.78. The molecule has 0 aromatic carbocycles. The summed E-state index contributed by atoms with van der Waals surface area (Å²) in [7, 11) is 1.78. The van der Waals surface area contributed by atoms with Gasteiger partial charge in [-0.1, -0.05) is 6.92 Å². The van der Waals surface area contributed by atoms with Crippen LogP contribution in [-0.2, 0) is 6.54 Å². The Balaban J connectivity index is 1.80. The summed E-state index contributed by atoms with van der Waals surface area (Å²) < 4.78 is 5.68. The largest absolute Gasteiger partial charge is 0.477 e. The third-order valence-corrected chi connectivity index (χ3v) is 3.19. The van der Waals surface area contributed by atoms with Gasteiger partial charge in [0.2, 0.25) is 5.88 Å². The van der Waals surface area contributed by atoms with E-state index in [2.05, 4.69) is 27.5 Å². The molecule has 2 rings (SSSR count). The van der Waals surface area contributed by atoms with Crippen molar-refractivity contribution in [3.05, 3.63) is 23.9 Å². The number of rotatable bonds is 7. The van der Waals surface area contributed by atoms with Crippen molar-refractivity contribution >= 4 is 5.96 Å². The summed E-state index contributed by atoms with van der Waals surface area (Å²) in [6.45, 7) is 4.56. The second-order valence-corrected chi connectivity index (χ2v) is 5.11. The van der Waals surface area contributed by atoms with Gasteiger partial charge in [-0.15, -0.1) is 0 Å². The standard InChI is InChI=1S/C15H24N4O/c1-3-7-18-15(16-2)19-10-13-6-8-17-14(9-13)20-11-12-4-5-12/h6,8-9,12H,3-5,7,10-11H2,1-2H3,(H2,16,18,19). The molecule has 0 spiro atoms. The normalized spacial score (nSPS) is 15.0. The minimum absolute atomic E-state index is 0.714. The molecule has 0 atom stereocenters. The highest BCUT2D eigenvalue weighted by molar-refractivity contribution is 5.79. The van der Waals surface area contributed by atoms with Crippen molar-refractivity contribution in [2.24, 2.45) is 10.9 Å². The molecule has 0 amide bonds. The molecule has 1 heterocycles. The molecule has 1 fully saturated rings. The summed E-state index contributed by atoms with van der Waals surface area (Å²) in [6.07, 6.45) is 5.46. The van der Waals surface area contributed by atoms with E-state index in [4.69, 9.17) is 4.74 Å². The first-order valence-electron chi connectivity index (χ1n) is 7.34. The highest BCUT2D eigenvalue weighted by Crippen LogP contribution is 2.29. The Morgan fingerprint density at radius 3 is 3.00 bits per heavy atom. The molecule has 1 aliphatic rings. The Morgan fingerprint density at radius 1 is 1.45 bits per heavy atom. The second-order valence-electron chi connectivity index (χ2n) is 5.11. The number of guanidine groups is 1. The second kappa shape index (κ2) is 7.72. The van der Waals surface area contributed by atoms with Crippen LogP contribution in [0.1, 0.15) is 31.7 Å². The zero-order chi connectivity index (χ0) is 14.2. The molecule has 1 aromatic rings. The van der Waals surface area contributed by atoms with E-state index >= 15 is 0 Å². The van der Waals surface area contributed by atoms with Gasteiger partial charge in [-0.2, -0.15) is 0 Å². The minimum Gasteiger partial charge on any atom is -0.477 e. The molecule has 1 aromatic heterocycles. The molecule has 0 saturated heterocycles. The molecule has 1 aliphatic carbocycles. The van der Waals surface area contributed by atoms with Crippen molar-refractivity contribution in [3.8, 4) is 5.88 Å². The first kappa shape index (κ1) is 14.6. The van der Waals surface area contributed by atoms with E-state index in [1.54, 1.807) is 13.2 Å². The third kappa shape index (κ3) is 5.07. The van der Waals surface area contributed by atoms with Crippen LogP contribution >= 0.6 is 0 Å². The van der Waals surface area contributed by atoms with Gasteiger partial charge < -0.3 is 15.4 Å². The lowest BCUT2D eigenvalue weighted by Crippen LogP contribution is -2.37.